The third-order valence-corrected chi connectivity index (χ3v) is 4.41. The molecule has 2 heteroatoms. The van der Waals surface area contributed by atoms with E-state index < -0.39 is 0 Å². The van der Waals surface area contributed by atoms with Gasteiger partial charge in [0.25, 0.3) is 0 Å². The maximum atomic E-state index is 3.61. The maximum Gasteiger partial charge on any atom is 0.0396 e. The van der Waals surface area contributed by atoms with Crippen molar-refractivity contribution < 1.29 is 0 Å². The molecule has 1 heterocycles. The summed E-state index contributed by atoms with van der Waals surface area (Å²) in [6, 6.07) is 6.97. The van der Waals surface area contributed by atoms with Crippen LogP contribution in [0.15, 0.2) is 18.2 Å². The van der Waals surface area contributed by atoms with Crippen LogP contribution in [0.4, 0.5) is 5.69 Å². The molecule has 1 aromatic carbocycles. The van der Waals surface area contributed by atoms with Crippen molar-refractivity contribution >= 4 is 5.69 Å². The van der Waals surface area contributed by atoms with E-state index in [0.29, 0.717) is 0 Å². The van der Waals surface area contributed by atoms with Crippen LogP contribution in [0.5, 0.6) is 0 Å². The lowest BCUT2D eigenvalue weighted by atomic mass is 9.99. The molecular weight excluding hydrogens is 232 g/mol. The first-order valence-corrected chi connectivity index (χ1v) is 7.78. The van der Waals surface area contributed by atoms with Gasteiger partial charge >= 0.3 is 0 Å². The average Bonchev–Trinajstić information content (AvgIpc) is 2.44. The van der Waals surface area contributed by atoms with Crippen molar-refractivity contribution in [3.63, 3.8) is 0 Å². The fraction of sp³-hybridized carbons (Fsp3) is 0.647. The van der Waals surface area contributed by atoms with Gasteiger partial charge in [0.05, 0.1) is 0 Å². The molecule has 0 unspecified atom stereocenters. The number of hydrogen-bond acceptors (Lipinski definition) is 2. The SMILES string of the molecule is CCC(CC)CNCc1ccc2c(c1)CCCN2C. The van der Waals surface area contributed by atoms with Gasteiger partial charge in [0.2, 0.25) is 0 Å². The molecule has 1 aromatic rings. The van der Waals surface area contributed by atoms with E-state index >= 15 is 0 Å². The normalized spacial score (nSPS) is 14.8. The molecule has 1 aliphatic rings. The highest BCUT2D eigenvalue weighted by Crippen LogP contribution is 2.26. The molecule has 1 N–H and O–H groups in total. The number of aryl methyl sites for hydroxylation is 1. The zero-order valence-electron chi connectivity index (χ0n) is 12.7. The number of fused-ring (bicyclic) bond motifs is 1. The summed E-state index contributed by atoms with van der Waals surface area (Å²) in [5.41, 5.74) is 4.38. The lowest BCUT2D eigenvalue weighted by Crippen LogP contribution is -2.25. The van der Waals surface area contributed by atoms with Crippen LogP contribution < -0.4 is 10.2 Å². The monoisotopic (exact) mass is 260 g/mol. The second-order valence-corrected chi connectivity index (χ2v) is 5.80. The van der Waals surface area contributed by atoms with Gasteiger partial charge in [0.15, 0.2) is 0 Å². The zero-order chi connectivity index (χ0) is 13.7. The third-order valence-electron chi connectivity index (χ3n) is 4.41. The van der Waals surface area contributed by atoms with Crippen molar-refractivity contribution in [1.29, 1.82) is 0 Å². The number of nitrogens with one attached hydrogen (secondary N) is 1. The Kier molecular flexibility index (Phi) is 5.26. The van der Waals surface area contributed by atoms with Crippen molar-refractivity contribution in [2.24, 2.45) is 5.92 Å². The fourth-order valence-corrected chi connectivity index (χ4v) is 2.95. The first kappa shape index (κ1) is 14.4. The van der Waals surface area contributed by atoms with E-state index in [1.54, 1.807) is 0 Å². The summed E-state index contributed by atoms with van der Waals surface area (Å²) in [4.78, 5) is 2.38. The van der Waals surface area contributed by atoms with Gasteiger partial charge in [0.1, 0.15) is 0 Å². The minimum absolute atomic E-state index is 0.823. The Morgan fingerprint density at radius 2 is 2.05 bits per heavy atom. The molecule has 0 amide bonds. The van der Waals surface area contributed by atoms with Gasteiger partial charge in [-0.1, -0.05) is 38.8 Å². The van der Waals surface area contributed by atoms with E-state index in [9.17, 15) is 0 Å². The van der Waals surface area contributed by atoms with Crippen molar-refractivity contribution in [2.45, 2.75) is 46.1 Å². The molecule has 2 nitrogen and oxygen atoms in total. The van der Waals surface area contributed by atoms with Gasteiger partial charge in [-0.3, -0.25) is 0 Å². The first-order valence-electron chi connectivity index (χ1n) is 7.78. The topological polar surface area (TPSA) is 15.3 Å². The van der Waals surface area contributed by atoms with Crippen LogP contribution in [0.3, 0.4) is 0 Å². The highest BCUT2D eigenvalue weighted by atomic mass is 15.1. The molecule has 19 heavy (non-hydrogen) atoms. The van der Waals surface area contributed by atoms with Crippen LogP contribution >= 0.6 is 0 Å². The van der Waals surface area contributed by atoms with Crippen molar-refractivity contribution in [3.05, 3.63) is 29.3 Å². The molecule has 0 fully saturated rings. The smallest absolute Gasteiger partial charge is 0.0396 e. The van der Waals surface area contributed by atoms with E-state index in [1.807, 2.05) is 0 Å². The average molecular weight is 260 g/mol. The predicted molar refractivity (Wildman–Crippen MR) is 83.8 cm³/mol. The summed E-state index contributed by atoms with van der Waals surface area (Å²) in [5, 5.41) is 3.61. The highest BCUT2D eigenvalue weighted by molar-refractivity contribution is 5.56. The fourth-order valence-electron chi connectivity index (χ4n) is 2.95. The number of benzene rings is 1. The Hall–Kier alpha value is -1.02. The highest BCUT2D eigenvalue weighted by Gasteiger charge is 2.13. The molecular formula is C17H28N2. The number of anilines is 1. The van der Waals surface area contributed by atoms with E-state index in [2.05, 4.69) is 49.3 Å². The van der Waals surface area contributed by atoms with E-state index in [1.165, 1.54) is 49.0 Å². The molecule has 0 saturated heterocycles. The van der Waals surface area contributed by atoms with Crippen LogP contribution in [-0.2, 0) is 13.0 Å². The number of nitrogens with zero attached hydrogens (tertiary/aromatic N) is 1. The summed E-state index contributed by atoms with van der Waals surface area (Å²) in [5.74, 6) is 0.823. The Morgan fingerprint density at radius 3 is 2.79 bits per heavy atom. The van der Waals surface area contributed by atoms with Gasteiger partial charge in [-0.05, 0) is 42.5 Å². The molecule has 0 aromatic heterocycles. The van der Waals surface area contributed by atoms with Crippen molar-refractivity contribution in [1.82, 2.24) is 5.32 Å². The van der Waals surface area contributed by atoms with Crippen LogP contribution in [0.1, 0.15) is 44.2 Å². The minimum Gasteiger partial charge on any atom is -0.374 e. The molecule has 106 valence electrons. The number of rotatable bonds is 6. The van der Waals surface area contributed by atoms with Gasteiger partial charge in [0, 0.05) is 25.8 Å². The van der Waals surface area contributed by atoms with Crippen LogP contribution in [0.2, 0.25) is 0 Å². The third kappa shape index (κ3) is 3.73. The predicted octanol–water partition coefficient (Wildman–Crippen LogP) is 3.59. The van der Waals surface area contributed by atoms with Gasteiger partial charge in [-0.15, -0.1) is 0 Å². The standard InChI is InChI=1S/C17H28N2/c1-4-14(5-2)12-18-13-15-8-9-17-16(11-15)7-6-10-19(17)3/h8-9,11,14,18H,4-7,10,12-13H2,1-3H3. The summed E-state index contributed by atoms with van der Waals surface area (Å²) >= 11 is 0. The second kappa shape index (κ2) is 6.95. The van der Waals surface area contributed by atoms with Crippen LogP contribution in [0, 0.1) is 5.92 Å². The lowest BCUT2D eigenvalue weighted by Gasteiger charge is -2.28. The molecule has 1 aliphatic heterocycles. The first-order chi connectivity index (χ1) is 9.24. The molecule has 0 radical (unpaired) electrons. The van der Waals surface area contributed by atoms with Crippen LogP contribution in [-0.4, -0.2) is 20.1 Å². The molecule has 0 spiro atoms. The summed E-state index contributed by atoms with van der Waals surface area (Å²) in [7, 11) is 2.20. The van der Waals surface area contributed by atoms with Crippen molar-refractivity contribution in [3.8, 4) is 0 Å². The zero-order valence-corrected chi connectivity index (χ0v) is 12.7. The Bertz CT molecular complexity index is 396. The van der Waals surface area contributed by atoms with Gasteiger partial charge < -0.3 is 10.2 Å². The molecule has 2 rings (SSSR count). The van der Waals surface area contributed by atoms with Gasteiger partial charge in [-0.2, -0.15) is 0 Å². The minimum atomic E-state index is 0.823. The Balaban J connectivity index is 1.91. The number of hydrogen-bond donors (Lipinski definition) is 1. The summed E-state index contributed by atoms with van der Waals surface area (Å²) in [6.07, 6.45) is 5.07. The van der Waals surface area contributed by atoms with Crippen LogP contribution in [0.25, 0.3) is 0 Å². The quantitative estimate of drug-likeness (QED) is 0.841. The lowest BCUT2D eigenvalue weighted by molar-refractivity contribution is 0.449. The molecule has 0 aliphatic carbocycles. The maximum absolute atomic E-state index is 3.61. The van der Waals surface area contributed by atoms with E-state index in [-0.39, 0.29) is 0 Å². The second-order valence-electron chi connectivity index (χ2n) is 5.80. The molecule has 0 atom stereocenters. The Labute approximate surface area is 118 Å². The van der Waals surface area contributed by atoms with Crippen molar-refractivity contribution in [2.75, 3.05) is 25.0 Å². The van der Waals surface area contributed by atoms with E-state index in [4.69, 9.17) is 0 Å². The molecule has 0 saturated carbocycles. The van der Waals surface area contributed by atoms with E-state index in [0.717, 1.165) is 19.0 Å². The summed E-state index contributed by atoms with van der Waals surface area (Å²) < 4.78 is 0. The summed E-state index contributed by atoms with van der Waals surface area (Å²) in [6.45, 7) is 7.91. The Morgan fingerprint density at radius 1 is 1.26 bits per heavy atom. The molecule has 0 bridgehead atoms. The van der Waals surface area contributed by atoms with Gasteiger partial charge in [-0.25, -0.2) is 0 Å². The largest absolute Gasteiger partial charge is 0.374 e.